The normalized spacial score (nSPS) is 29.6. The molecule has 0 radical (unpaired) electrons. The van der Waals surface area contributed by atoms with Crippen molar-refractivity contribution in [3.8, 4) is 0 Å². The first-order valence-corrected chi connectivity index (χ1v) is 9.93. The fourth-order valence-corrected chi connectivity index (χ4v) is 7.81. The number of hydrogen-bond acceptors (Lipinski definition) is 5. The quantitative estimate of drug-likeness (QED) is 0.142. The summed E-state index contributed by atoms with van der Waals surface area (Å²) in [4.78, 5) is 12.3. The number of rotatable bonds is 6. The Labute approximate surface area is 115 Å². The summed E-state index contributed by atoms with van der Waals surface area (Å²) in [6, 6.07) is 0. The summed E-state index contributed by atoms with van der Waals surface area (Å²) >= 11 is -1.07. The molecule has 0 spiro atoms. The average Bonchev–Trinajstić information content (AvgIpc) is 3.12. The van der Waals surface area contributed by atoms with Crippen LogP contribution in [0.3, 0.4) is 0 Å². The van der Waals surface area contributed by atoms with Crippen LogP contribution in [-0.2, 0) is 14.3 Å². The SMILES string of the molecule is CCC(C(=O)OC(OC)C1CCCC1)C12NI1N2. The van der Waals surface area contributed by atoms with Gasteiger partial charge in [-0.1, -0.05) is 0 Å². The molecule has 5 nitrogen and oxygen atoms in total. The van der Waals surface area contributed by atoms with Gasteiger partial charge in [-0.2, -0.15) is 0 Å². The molecule has 2 aliphatic heterocycles. The molecule has 2 saturated heterocycles. The van der Waals surface area contributed by atoms with Crippen LogP contribution in [0.4, 0.5) is 0 Å². The molecular weight excluding hydrogens is 347 g/mol. The number of nitrogens with one attached hydrogen (secondary N) is 2. The Bertz CT molecular complexity index is 340. The zero-order chi connectivity index (χ0) is 12.8. The number of fused-ring (bicyclic) bond motifs is 1. The maximum absolute atomic E-state index is 12.3. The summed E-state index contributed by atoms with van der Waals surface area (Å²) in [5.41, 5.74) is 0. The molecule has 3 fully saturated rings. The predicted octanol–water partition coefficient (Wildman–Crippen LogP) is 1.92. The number of methoxy groups -OCH3 is 1. The van der Waals surface area contributed by atoms with Gasteiger partial charge in [-0.3, -0.25) is 0 Å². The predicted molar refractivity (Wildman–Crippen MR) is 75.7 cm³/mol. The molecule has 0 amide bonds. The number of carbonyl (C=O) groups excluding carboxylic acids is 1. The molecule has 3 rings (SSSR count). The maximum atomic E-state index is 12.3. The fraction of sp³-hybridized carbons (Fsp3) is 0.917. The van der Waals surface area contributed by atoms with E-state index in [1.165, 1.54) is 12.8 Å². The van der Waals surface area contributed by atoms with Gasteiger partial charge in [0.2, 0.25) is 0 Å². The first-order chi connectivity index (χ1) is 8.71. The Morgan fingerprint density at radius 1 is 1.44 bits per heavy atom. The summed E-state index contributed by atoms with van der Waals surface area (Å²) < 4.78 is 17.8. The van der Waals surface area contributed by atoms with Gasteiger partial charge in [0, 0.05) is 0 Å². The number of esters is 1. The summed E-state index contributed by atoms with van der Waals surface area (Å²) in [5, 5.41) is 0. The molecule has 0 aromatic carbocycles. The molecule has 3 aliphatic rings. The zero-order valence-corrected chi connectivity index (χ0v) is 13.0. The van der Waals surface area contributed by atoms with Crippen LogP contribution in [-0.4, -0.2) is 23.0 Å². The van der Waals surface area contributed by atoms with Gasteiger partial charge in [-0.25, -0.2) is 0 Å². The van der Waals surface area contributed by atoms with Crippen LogP contribution < -0.4 is 7.06 Å². The van der Waals surface area contributed by atoms with E-state index < -0.39 is 20.4 Å². The molecule has 2 N–H and O–H groups in total. The van der Waals surface area contributed by atoms with E-state index in [-0.39, 0.29) is 21.8 Å². The van der Waals surface area contributed by atoms with Crippen LogP contribution in [0, 0.1) is 11.8 Å². The van der Waals surface area contributed by atoms with Crippen LogP contribution in [0.1, 0.15) is 39.0 Å². The number of carbonyl (C=O) groups is 1. The Morgan fingerprint density at radius 2 is 2.06 bits per heavy atom. The van der Waals surface area contributed by atoms with Crippen molar-refractivity contribution in [1.29, 1.82) is 0 Å². The third-order valence-corrected chi connectivity index (χ3v) is 8.81. The molecule has 1 aliphatic carbocycles. The molecule has 0 bridgehead atoms. The van der Waals surface area contributed by atoms with Crippen LogP contribution in [0.15, 0.2) is 0 Å². The van der Waals surface area contributed by atoms with Crippen molar-refractivity contribution in [2.75, 3.05) is 7.11 Å². The third kappa shape index (κ3) is 2.17. The fourth-order valence-electron chi connectivity index (χ4n) is 2.88. The van der Waals surface area contributed by atoms with Crippen LogP contribution in [0.25, 0.3) is 0 Å². The Balaban J connectivity index is 1.58. The molecule has 0 aromatic heterocycles. The standard InChI is InChI=1S/C12H21IN2O3/c1-3-9(12-13(14-12)15-12)10(16)18-11(17-2)8-6-4-5-7-8/h8-9,11,14-15H,3-7H2,1-2H3. The summed E-state index contributed by atoms with van der Waals surface area (Å²) in [7, 11) is 1.64. The van der Waals surface area contributed by atoms with E-state index in [4.69, 9.17) is 9.47 Å². The molecule has 6 heteroatoms. The van der Waals surface area contributed by atoms with Gasteiger partial charge in [0.05, 0.1) is 0 Å². The second-order valence-corrected chi connectivity index (χ2v) is 9.63. The van der Waals surface area contributed by atoms with Gasteiger partial charge >= 0.3 is 116 Å². The number of alkyl halides is 1. The van der Waals surface area contributed by atoms with E-state index in [0.717, 1.165) is 19.3 Å². The van der Waals surface area contributed by atoms with Gasteiger partial charge in [-0.15, -0.1) is 0 Å². The van der Waals surface area contributed by atoms with E-state index >= 15 is 0 Å². The summed E-state index contributed by atoms with van der Waals surface area (Å²) in [6.07, 6.45) is 5.16. The van der Waals surface area contributed by atoms with Crippen molar-refractivity contribution in [2.24, 2.45) is 11.8 Å². The molecule has 0 aromatic rings. The minimum atomic E-state index is -1.07. The van der Waals surface area contributed by atoms with Crippen molar-refractivity contribution < 1.29 is 14.3 Å². The monoisotopic (exact) mass is 368 g/mol. The van der Waals surface area contributed by atoms with Crippen LogP contribution in [0.2, 0.25) is 0 Å². The Morgan fingerprint density at radius 3 is 2.50 bits per heavy atom. The van der Waals surface area contributed by atoms with E-state index in [0.29, 0.717) is 5.92 Å². The van der Waals surface area contributed by atoms with Crippen molar-refractivity contribution in [2.45, 2.75) is 49.0 Å². The Hall–Kier alpha value is 0.0800. The molecule has 2 unspecified atom stereocenters. The number of halogens is 1. The van der Waals surface area contributed by atoms with Gasteiger partial charge in [-0.05, 0) is 0 Å². The number of hydrogen-bond donors (Lipinski definition) is 2. The molecule has 2 heterocycles. The topological polar surface area (TPSA) is 79.4 Å². The number of ether oxygens (including phenoxy) is 2. The van der Waals surface area contributed by atoms with Crippen molar-refractivity contribution in [3.05, 3.63) is 0 Å². The van der Waals surface area contributed by atoms with Crippen molar-refractivity contribution >= 4 is 26.3 Å². The summed E-state index contributed by atoms with van der Waals surface area (Å²) in [5.74, 6) is 0.276. The van der Waals surface area contributed by atoms with Gasteiger partial charge in [0.1, 0.15) is 0 Å². The van der Waals surface area contributed by atoms with Crippen molar-refractivity contribution in [3.63, 3.8) is 0 Å². The summed E-state index contributed by atoms with van der Waals surface area (Å²) in [6.45, 7) is 2.05. The minimum absolute atomic E-state index is 0.0176. The molecule has 2 atom stereocenters. The molecule has 104 valence electrons. The first kappa shape index (κ1) is 13.1. The zero-order valence-electron chi connectivity index (χ0n) is 10.9. The van der Waals surface area contributed by atoms with Gasteiger partial charge in [0.25, 0.3) is 0 Å². The molecular formula is C12H21IN2O3. The van der Waals surface area contributed by atoms with E-state index in [1.54, 1.807) is 7.11 Å². The van der Waals surface area contributed by atoms with Gasteiger partial charge < -0.3 is 0 Å². The Kier molecular flexibility index (Phi) is 3.55. The average molecular weight is 368 g/mol. The third-order valence-electron chi connectivity index (χ3n) is 4.11. The van der Waals surface area contributed by atoms with Gasteiger partial charge in [0.15, 0.2) is 0 Å². The van der Waals surface area contributed by atoms with E-state index in [2.05, 4.69) is 7.06 Å². The van der Waals surface area contributed by atoms with Crippen LogP contribution in [0.5, 0.6) is 0 Å². The van der Waals surface area contributed by atoms with Crippen molar-refractivity contribution in [1.82, 2.24) is 7.06 Å². The van der Waals surface area contributed by atoms with E-state index in [9.17, 15) is 4.79 Å². The molecule has 1 saturated carbocycles. The first-order valence-electron chi connectivity index (χ1n) is 6.70. The van der Waals surface area contributed by atoms with E-state index in [1.807, 2.05) is 6.92 Å². The molecule has 18 heavy (non-hydrogen) atoms. The second kappa shape index (κ2) is 4.88. The second-order valence-electron chi connectivity index (χ2n) is 5.23. The van der Waals surface area contributed by atoms with Crippen LogP contribution >= 0.6 is 20.4 Å².